The molecule has 2 rings (SSSR count). The van der Waals surface area contributed by atoms with E-state index >= 15 is 0 Å². The van der Waals surface area contributed by atoms with E-state index in [-0.39, 0.29) is 18.4 Å². The SMILES string of the molecule is CCOc1ccc(C(=O)NCC(=O)Nc2c(C)nn(C)c2C)cc1OC. The summed E-state index contributed by atoms with van der Waals surface area (Å²) in [5, 5.41) is 9.60. The van der Waals surface area contributed by atoms with Crippen LogP contribution in [0.15, 0.2) is 18.2 Å². The number of rotatable bonds is 7. The van der Waals surface area contributed by atoms with Crippen molar-refractivity contribution in [2.45, 2.75) is 20.8 Å². The minimum absolute atomic E-state index is 0.151. The molecule has 0 unspecified atom stereocenters. The third-order valence-corrected chi connectivity index (χ3v) is 3.91. The molecule has 0 fully saturated rings. The average Bonchev–Trinajstić information content (AvgIpc) is 2.86. The number of methoxy groups -OCH3 is 1. The number of carbonyl (C=O) groups excluding carboxylic acids is 2. The molecule has 8 nitrogen and oxygen atoms in total. The lowest BCUT2D eigenvalue weighted by atomic mass is 10.2. The van der Waals surface area contributed by atoms with Crippen LogP contribution < -0.4 is 20.1 Å². The Morgan fingerprint density at radius 1 is 1.23 bits per heavy atom. The molecule has 1 aromatic heterocycles. The Kier molecular flexibility index (Phi) is 6.21. The van der Waals surface area contributed by atoms with Gasteiger partial charge in [0, 0.05) is 12.6 Å². The van der Waals surface area contributed by atoms with Crippen LogP contribution in [0.2, 0.25) is 0 Å². The van der Waals surface area contributed by atoms with Gasteiger partial charge in [0.25, 0.3) is 5.91 Å². The molecule has 1 aromatic carbocycles. The van der Waals surface area contributed by atoms with Gasteiger partial charge in [-0.05, 0) is 39.0 Å². The van der Waals surface area contributed by atoms with E-state index in [4.69, 9.17) is 9.47 Å². The highest BCUT2D eigenvalue weighted by Gasteiger charge is 2.15. The van der Waals surface area contributed by atoms with Crippen molar-refractivity contribution in [1.82, 2.24) is 15.1 Å². The minimum Gasteiger partial charge on any atom is -0.493 e. The van der Waals surface area contributed by atoms with Crippen LogP contribution in [0.25, 0.3) is 0 Å². The fraction of sp³-hybridized carbons (Fsp3) is 0.389. The number of nitrogens with one attached hydrogen (secondary N) is 2. The molecule has 0 spiro atoms. The molecule has 0 saturated heterocycles. The first-order chi connectivity index (χ1) is 12.4. The molecule has 0 aliphatic rings. The van der Waals surface area contributed by atoms with Crippen molar-refractivity contribution in [3.05, 3.63) is 35.2 Å². The maximum absolute atomic E-state index is 12.3. The highest BCUT2D eigenvalue weighted by molar-refractivity contribution is 6.00. The molecule has 0 aliphatic heterocycles. The van der Waals surface area contributed by atoms with E-state index in [1.165, 1.54) is 7.11 Å². The Morgan fingerprint density at radius 3 is 2.54 bits per heavy atom. The summed E-state index contributed by atoms with van der Waals surface area (Å²) in [4.78, 5) is 24.4. The first-order valence-electron chi connectivity index (χ1n) is 8.26. The largest absolute Gasteiger partial charge is 0.493 e. The van der Waals surface area contributed by atoms with Crippen molar-refractivity contribution in [1.29, 1.82) is 0 Å². The molecule has 8 heteroatoms. The molecule has 0 radical (unpaired) electrons. The van der Waals surface area contributed by atoms with Gasteiger partial charge >= 0.3 is 0 Å². The Hall–Kier alpha value is -3.03. The fourth-order valence-corrected chi connectivity index (χ4v) is 2.48. The van der Waals surface area contributed by atoms with Crippen molar-refractivity contribution in [3.8, 4) is 11.5 Å². The summed E-state index contributed by atoms with van der Waals surface area (Å²) < 4.78 is 12.3. The van der Waals surface area contributed by atoms with Crippen LogP contribution in [0.3, 0.4) is 0 Å². The second-order valence-corrected chi connectivity index (χ2v) is 5.70. The molecule has 2 N–H and O–H groups in total. The van der Waals surface area contributed by atoms with Crippen molar-refractivity contribution in [2.24, 2.45) is 7.05 Å². The number of aromatic nitrogens is 2. The molecular formula is C18H24N4O4. The number of benzene rings is 1. The van der Waals surface area contributed by atoms with Gasteiger partial charge in [0.1, 0.15) is 0 Å². The monoisotopic (exact) mass is 360 g/mol. The van der Waals surface area contributed by atoms with E-state index in [1.54, 1.807) is 29.9 Å². The number of hydrogen-bond acceptors (Lipinski definition) is 5. The van der Waals surface area contributed by atoms with Crippen LogP contribution in [0, 0.1) is 13.8 Å². The van der Waals surface area contributed by atoms with Crippen LogP contribution in [0.1, 0.15) is 28.7 Å². The van der Waals surface area contributed by atoms with Gasteiger partial charge in [-0.3, -0.25) is 14.3 Å². The Morgan fingerprint density at radius 2 is 1.96 bits per heavy atom. The normalized spacial score (nSPS) is 10.3. The zero-order valence-electron chi connectivity index (χ0n) is 15.7. The number of amides is 2. The standard InChI is InChI=1S/C18H24N4O4/c1-6-26-14-8-7-13(9-15(14)25-5)18(24)19-10-16(23)20-17-11(2)21-22(4)12(17)3/h7-9H,6,10H2,1-5H3,(H,19,24)(H,20,23). The van der Waals surface area contributed by atoms with E-state index < -0.39 is 0 Å². The van der Waals surface area contributed by atoms with E-state index in [2.05, 4.69) is 15.7 Å². The van der Waals surface area contributed by atoms with Crippen LogP contribution in [-0.2, 0) is 11.8 Å². The van der Waals surface area contributed by atoms with Gasteiger partial charge in [-0.15, -0.1) is 0 Å². The van der Waals surface area contributed by atoms with E-state index in [9.17, 15) is 9.59 Å². The molecule has 26 heavy (non-hydrogen) atoms. The topological polar surface area (TPSA) is 94.5 Å². The second-order valence-electron chi connectivity index (χ2n) is 5.70. The second kappa shape index (κ2) is 8.37. The molecule has 0 saturated carbocycles. The van der Waals surface area contributed by atoms with E-state index in [1.807, 2.05) is 20.8 Å². The van der Waals surface area contributed by atoms with Crippen molar-refractivity contribution < 1.29 is 19.1 Å². The number of anilines is 1. The summed E-state index contributed by atoms with van der Waals surface area (Å²) in [7, 11) is 3.31. The number of aryl methyl sites for hydroxylation is 2. The van der Waals surface area contributed by atoms with Crippen LogP contribution in [-0.4, -0.2) is 41.9 Å². The van der Waals surface area contributed by atoms with Crippen molar-refractivity contribution >= 4 is 17.5 Å². The quantitative estimate of drug-likeness (QED) is 0.785. The third-order valence-electron chi connectivity index (χ3n) is 3.91. The van der Waals surface area contributed by atoms with Crippen LogP contribution in [0.5, 0.6) is 11.5 Å². The summed E-state index contributed by atoms with van der Waals surface area (Å²) in [5.41, 5.74) is 2.61. The smallest absolute Gasteiger partial charge is 0.251 e. The predicted octanol–water partition coefficient (Wildman–Crippen LogP) is 1.81. The lowest BCUT2D eigenvalue weighted by Crippen LogP contribution is -2.33. The summed E-state index contributed by atoms with van der Waals surface area (Å²) >= 11 is 0. The first-order valence-corrected chi connectivity index (χ1v) is 8.26. The molecule has 2 aromatic rings. The molecule has 0 aliphatic carbocycles. The van der Waals surface area contributed by atoms with E-state index in [0.717, 1.165) is 11.4 Å². The summed E-state index contributed by atoms with van der Waals surface area (Å²) in [6, 6.07) is 4.86. The Labute approximate surface area is 152 Å². The van der Waals surface area contributed by atoms with Gasteiger partial charge in [0.05, 0.1) is 37.3 Å². The maximum atomic E-state index is 12.3. The molecule has 140 valence electrons. The molecule has 1 heterocycles. The maximum Gasteiger partial charge on any atom is 0.251 e. The molecule has 0 atom stereocenters. The summed E-state index contributed by atoms with van der Waals surface area (Å²) in [5.74, 6) is 0.328. The van der Waals surface area contributed by atoms with Crippen molar-refractivity contribution in [3.63, 3.8) is 0 Å². The molecule has 0 bridgehead atoms. The van der Waals surface area contributed by atoms with Crippen molar-refractivity contribution in [2.75, 3.05) is 25.6 Å². The van der Waals surface area contributed by atoms with Gasteiger partial charge in [0.2, 0.25) is 5.91 Å². The molecule has 2 amide bonds. The van der Waals surface area contributed by atoms with Gasteiger partial charge in [-0.25, -0.2) is 0 Å². The summed E-state index contributed by atoms with van der Waals surface area (Å²) in [6.07, 6.45) is 0. The van der Waals surface area contributed by atoms with Gasteiger partial charge in [-0.1, -0.05) is 0 Å². The number of nitrogens with zero attached hydrogens (tertiary/aromatic N) is 2. The number of hydrogen-bond donors (Lipinski definition) is 2. The fourth-order valence-electron chi connectivity index (χ4n) is 2.48. The average molecular weight is 360 g/mol. The first kappa shape index (κ1) is 19.3. The van der Waals surface area contributed by atoms with Gasteiger partial charge in [0.15, 0.2) is 11.5 Å². The number of ether oxygens (including phenoxy) is 2. The Bertz CT molecular complexity index is 814. The van der Waals surface area contributed by atoms with Gasteiger partial charge < -0.3 is 20.1 Å². The Balaban J connectivity index is 1.98. The number of carbonyl (C=O) groups is 2. The van der Waals surface area contributed by atoms with Gasteiger partial charge in [-0.2, -0.15) is 5.10 Å². The van der Waals surface area contributed by atoms with Crippen LogP contribution in [0.4, 0.5) is 5.69 Å². The van der Waals surface area contributed by atoms with E-state index in [0.29, 0.717) is 29.4 Å². The summed E-state index contributed by atoms with van der Waals surface area (Å²) in [6.45, 7) is 5.88. The zero-order valence-corrected chi connectivity index (χ0v) is 15.7. The zero-order chi connectivity index (χ0) is 19.3. The van der Waals surface area contributed by atoms with Crippen LogP contribution >= 0.6 is 0 Å². The molecular weight excluding hydrogens is 336 g/mol. The lowest BCUT2D eigenvalue weighted by Gasteiger charge is -2.11. The third kappa shape index (κ3) is 4.33. The predicted molar refractivity (Wildman–Crippen MR) is 97.8 cm³/mol. The lowest BCUT2D eigenvalue weighted by molar-refractivity contribution is -0.115. The highest BCUT2D eigenvalue weighted by atomic mass is 16.5. The minimum atomic E-state index is -0.374. The highest BCUT2D eigenvalue weighted by Crippen LogP contribution is 2.28.